The largest absolute Gasteiger partial charge is 0.362 e. The summed E-state index contributed by atoms with van der Waals surface area (Å²) in [6.07, 6.45) is 6.46. The van der Waals surface area contributed by atoms with Gasteiger partial charge in [0.25, 0.3) is 0 Å². The van der Waals surface area contributed by atoms with Gasteiger partial charge < -0.3 is 9.05 Å². The average Bonchev–Trinajstić information content (AvgIpc) is 3.48. The number of nitrogens with zero attached hydrogens (tertiary/aromatic N) is 8. The maximum absolute atomic E-state index is 5.03. The van der Waals surface area contributed by atoms with E-state index in [1.165, 1.54) is 24.1 Å². The van der Waals surface area contributed by atoms with E-state index in [0.717, 1.165) is 5.82 Å². The first-order valence-corrected chi connectivity index (χ1v) is 7.94. The van der Waals surface area contributed by atoms with Crippen LogP contribution in [0.2, 0.25) is 0 Å². The summed E-state index contributed by atoms with van der Waals surface area (Å²) in [6.45, 7) is 0. The maximum Gasteiger partial charge on any atom is 0.213 e. The molecule has 12 heteroatoms. The van der Waals surface area contributed by atoms with Gasteiger partial charge in [0, 0.05) is 22.8 Å². The molecule has 0 saturated heterocycles. The molecule has 4 aromatic rings. The van der Waals surface area contributed by atoms with E-state index in [1.54, 1.807) is 17.4 Å². The van der Waals surface area contributed by atoms with Crippen molar-refractivity contribution in [1.82, 2.24) is 30.1 Å². The minimum atomic E-state index is 0.545. The number of hydrogen-bond donors (Lipinski definition) is 1. The molecule has 0 aliphatic carbocycles. The second kappa shape index (κ2) is 5.45. The van der Waals surface area contributed by atoms with Gasteiger partial charge in [0.2, 0.25) is 5.82 Å². The molecule has 11 nitrogen and oxygen atoms in total. The van der Waals surface area contributed by atoms with E-state index >= 15 is 0 Å². The fraction of sp³-hybridized carbons (Fsp3) is 0. The van der Waals surface area contributed by atoms with Crippen molar-refractivity contribution in [3.05, 3.63) is 54.2 Å². The molecule has 1 N–H and O–H groups in total. The molecule has 0 bridgehead atoms. The van der Waals surface area contributed by atoms with E-state index in [0.29, 0.717) is 23.0 Å². The quantitative estimate of drug-likeness (QED) is 0.581. The minimum Gasteiger partial charge on any atom is -0.362 e. The van der Waals surface area contributed by atoms with Crippen molar-refractivity contribution >= 4 is 34.7 Å². The molecular weight excluding hydrogens is 346 g/mol. The zero-order valence-electron chi connectivity index (χ0n) is 12.4. The predicted molar refractivity (Wildman–Crippen MR) is 86.9 cm³/mol. The molecule has 0 spiro atoms. The Hall–Kier alpha value is -3.67. The smallest absolute Gasteiger partial charge is 0.213 e. The molecule has 0 atom stereocenters. The van der Waals surface area contributed by atoms with Gasteiger partial charge in [0.1, 0.15) is 17.8 Å². The number of H-pyrrole nitrogens is 1. The Morgan fingerprint density at radius 1 is 1.12 bits per heavy atom. The fourth-order valence-electron chi connectivity index (χ4n) is 2.48. The standard InChI is InChI=1S/C13H9N9O2S/c1-4-14-16-11(1)20-7-10(9-8-24-19-15-9)21(13-3-6-25-18-13)22(20)12-2-5-23-17-12/h1-8H,(H,14,16). The van der Waals surface area contributed by atoms with E-state index in [1.807, 2.05) is 33.7 Å². The van der Waals surface area contributed by atoms with Gasteiger partial charge in [-0.3, -0.25) is 5.10 Å². The molecule has 0 saturated carbocycles. The van der Waals surface area contributed by atoms with Gasteiger partial charge in [-0.2, -0.15) is 14.6 Å². The third-order valence-corrected chi connectivity index (χ3v) is 4.04. The summed E-state index contributed by atoms with van der Waals surface area (Å²) < 4.78 is 14.4. The Balaban J connectivity index is 1.70. The van der Waals surface area contributed by atoms with E-state index in [2.05, 4.69) is 30.1 Å². The second-order valence-electron chi connectivity index (χ2n) is 4.91. The molecule has 0 fully saturated rings. The topological polar surface area (TPSA) is 116 Å². The van der Waals surface area contributed by atoms with E-state index in [4.69, 9.17) is 9.05 Å². The van der Waals surface area contributed by atoms with Crippen molar-refractivity contribution in [2.45, 2.75) is 0 Å². The van der Waals surface area contributed by atoms with Gasteiger partial charge in [-0.25, -0.2) is 10.0 Å². The van der Waals surface area contributed by atoms with Crippen LogP contribution in [-0.4, -0.2) is 30.1 Å². The number of hydrogen-bond acceptors (Lipinski definition) is 11. The number of aromatic nitrogens is 6. The molecule has 5 rings (SSSR count). The van der Waals surface area contributed by atoms with Crippen LogP contribution < -0.4 is 15.1 Å². The Morgan fingerprint density at radius 3 is 2.80 bits per heavy atom. The van der Waals surface area contributed by atoms with E-state index in [9.17, 15) is 0 Å². The highest BCUT2D eigenvalue weighted by molar-refractivity contribution is 7.03. The SMILES string of the molecule is C1=C(c2conn2)N(c2ccsn2)N(c2ccon2)N1c1ccn[nH]1. The second-order valence-corrected chi connectivity index (χ2v) is 5.57. The van der Waals surface area contributed by atoms with Crippen molar-refractivity contribution in [1.29, 1.82) is 0 Å². The molecule has 25 heavy (non-hydrogen) atoms. The van der Waals surface area contributed by atoms with Crippen LogP contribution in [0.25, 0.3) is 5.70 Å². The first kappa shape index (κ1) is 13.7. The molecule has 0 aromatic carbocycles. The van der Waals surface area contributed by atoms with Crippen LogP contribution in [-0.2, 0) is 0 Å². The molecule has 4 aromatic heterocycles. The van der Waals surface area contributed by atoms with Crippen LogP contribution in [0.4, 0.5) is 17.5 Å². The third-order valence-electron chi connectivity index (χ3n) is 3.49. The van der Waals surface area contributed by atoms with Crippen LogP contribution in [0.1, 0.15) is 5.69 Å². The highest BCUT2D eigenvalue weighted by Crippen LogP contribution is 2.37. The van der Waals surface area contributed by atoms with Crippen molar-refractivity contribution in [3.8, 4) is 0 Å². The Morgan fingerprint density at radius 2 is 2.12 bits per heavy atom. The highest BCUT2D eigenvalue weighted by Gasteiger charge is 2.38. The first-order valence-electron chi connectivity index (χ1n) is 7.10. The monoisotopic (exact) mass is 355 g/mol. The van der Waals surface area contributed by atoms with Crippen molar-refractivity contribution in [3.63, 3.8) is 0 Å². The maximum atomic E-state index is 5.03. The van der Waals surface area contributed by atoms with Gasteiger partial charge >= 0.3 is 0 Å². The van der Waals surface area contributed by atoms with Crippen LogP contribution in [0.15, 0.2) is 57.5 Å². The Kier molecular flexibility index (Phi) is 3.00. The predicted octanol–water partition coefficient (Wildman–Crippen LogP) is 1.90. The van der Waals surface area contributed by atoms with E-state index in [-0.39, 0.29) is 0 Å². The van der Waals surface area contributed by atoms with Gasteiger partial charge in [0.05, 0.1) is 12.4 Å². The lowest BCUT2D eigenvalue weighted by Crippen LogP contribution is -2.46. The van der Waals surface area contributed by atoms with Crippen molar-refractivity contribution in [2.24, 2.45) is 0 Å². The lowest BCUT2D eigenvalue weighted by Gasteiger charge is -2.33. The molecule has 0 amide bonds. The summed E-state index contributed by atoms with van der Waals surface area (Å²) in [5.74, 6) is 1.95. The number of rotatable bonds is 4. The third kappa shape index (κ3) is 2.15. The average molecular weight is 355 g/mol. The highest BCUT2D eigenvalue weighted by atomic mass is 32.1. The summed E-state index contributed by atoms with van der Waals surface area (Å²) in [7, 11) is 0. The Labute approximate surface area is 143 Å². The summed E-state index contributed by atoms with van der Waals surface area (Å²) in [4.78, 5) is 0. The van der Waals surface area contributed by atoms with Gasteiger partial charge in [-0.05, 0) is 17.6 Å². The lowest BCUT2D eigenvalue weighted by molar-refractivity contribution is 0.393. The number of anilines is 3. The van der Waals surface area contributed by atoms with E-state index < -0.39 is 0 Å². The van der Waals surface area contributed by atoms with Crippen molar-refractivity contribution in [2.75, 3.05) is 15.1 Å². The number of hydrazine groups is 2. The normalized spacial score (nSPS) is 14.4. The summed E-state index contributed by atoms with van der Waals surface area (Å²) in [5.41, 5.74) is 1.24. The van der Waals surface area contributed by atoms with Crippen LogP contribution in [0.5, 0.6) is 0 Å². The first-order chi connectivity index (χ1) is 12.4. The van der Waals surface area contributed by atoms with Gasteiger partial charge in [-0.1, -0.05) is 5.16 Å². The fourth-order valence-corrected chi connectivity index (χ4v) is 2.97. The van der Waals surface area contributed by atoms with Crippen LogP contribution >= 0.6 is 11.5 Å². The van der Waals surface area contributed by atoms with Gasteiger partial charge in [-0.15, -0.1) is 5.10 Å². The molecule has 1 aliphatic rings. The molecular formula is C13H9N9O2S. The molecule has 1 aliphatic heterocycles. The summed E-state index contributed by atoms with van der Waals surface area (Å²) >= 11 is 1.34. The number of nitrogens with one attached hydrogen (secondary N) is 1. The van der Waals surface area contributed by atoms with Gasteiger partial charge in [0.15, 0.2) is 17.8 Å². The zero-order chi connectivity index (χ0) is 16.6. The van der Waals surface area contributed by atoms with Crippen LogP contribution in [0, 0.1) is 0 Å². The minimum absolute atomic E-state index is 0.545. The zero-order valence-corrected chi connectivity index (χ0v) is 13.2. The van der Waals surface area contributed by atoms with Crippen LogP contribution in [0.3, 0.4) is 0 Å². The molecule has 0 radical (unpaired) electrons. The molecule has 5 heterocycles. The summed E-state index contributed by atoms with van der Waals surface area (Å²) in [6, 6.07) is 5.45. The Bertz CT molecular complexity index is 963. The van der Waals surface area contributed by atoms with Crippen molar-refractivity contribution < 1.29 is 9.05 Å². The number of aromatic amines is 1. The molecule has 124 valence electrons. The molecule has 0 unspecified atom stereocenters. The summed E-state index contributed by atoms with van der Waals surface area (Å²) in [5, 5.41) is 25.9. The lowest BCUT2D eigenvalue weighted by atomic mass is 10.3.